The molecule has 0 amide bonds. The van der Waals surface area contributed by atoms with Crippen LogP contribution < -0.4 is 0 Å². The number of aliphatic hydroxyl groups excluding tert-OH is 1. The monoisotopic (exact) mass is 312 g/mol. The van der Waals surface area contributed by atoms with E-state index in [4.69, 9.17) is 0 Å². The maximum atomic E-state index is 11.8. The predicted molar refractivity (Wildman–Crippen MR) is 91.9 cm³/mol. The van der Waals surface area contributed by atoms with Gasteiger partial charge < -0.3 is 5.11 Å². The Kier molecular flexibility index (Phi) is 3.46. The van der Waals surface area contributed by atoms with Crippen LogP contribution >= 0.6 is 0 Å². The summed E-state index contributed by atoms with van der Waals surface area (Å²) in [4.78, 5) is 11.8. The average Bonchev–Trinajstić information content (AvgIpc) is 2.85. The molecular weight excluding hydrogens is 284 g/mol. The highest BCUT2D eigenvalue weighted by Gasteiger charge is 2.53. The van der Waals surface area contributed by atoms with Crippen molar-refractivity contribution in [3.63, 3.8) is 0 Å². The smallest absolute Gasteiger partial charge is 0.155 e. The summed E-state index contributed by atoms with van der Waals surface area (Å²) >= 11 is 0. The summed E-state index contributed by atoms with van der Waals surface area (Å²) in [6, 6.07) is 0. The number of fused-ring (bicyclic) bond motifs is 5. The maximum absolute atomic E-state index is 11.8. The highest BCUT2D eigenvalue weighted by molar-refractivity contribution is 5.92. The number of hydrogen-bond acceptors (Lipinski definition) is 2. The zero-order chi connectivity index (χ0) is 16.2. The number of allylic oxidation sites excluding steroid dienone is 5. The lowest BCUT2D eigenvalue weighted by atomic mass is 9.52. The first kappa shape index (κ1) is 15.4. The molecule has 4 atom stereocenters. The third-order valence-corrected chi connectivity index (χ3v) is 7.52. The highest BCUT2D eigenvalue weighted by Crippen LogP contribution is 2.64. The number of aliphatic hydroxyl groups is 1. The van der Waals surface area contributed by atoms with E-state index in [0.717, 1.165) is 31.6 Å². The first-order chi connectivity index (χ1) is 11.0. The van der Waals surface area contributed by atoms with Gasteiger partial charge in [0.25, 0.3) is 0 Å². The zero-order valence-corrected chi connectivity index (χ0v) is 14.4. The molecule has 0 aromatic heterocycles. The van der Waals surface area contributed by atoms with Crippen LogP contribution in [0.3, 0.4) is 0 Å². The van der Waals surface area contributed by atoms with Gasteiger partial charge in [-0.05, 0) is 61.9 Å². The van der Waals surface area contributed by atoms with Crippen molar-refractivity contribution >= 4 is 5.78 Å². The van der Waals surface area contributed by atoms with Crippen molar-refractivity contribution in [2.75, 3.05) is 6.61 Å². The van der Waals surface area contributed by atoms with Crippen molar-refractivity contribution in [2.45, 2.75) is 58.8 Å². The molecule has 0 aromatic rings. The van der Waals surface area contributed by atoms with Crippen LogP contribution in [-0.2, 0) is 4.79 Å². The predicted octanol–water partition coefficient (Wildman–Crippen LogP) is 4.36. The third-order valence-electron chi connectivity index (χ3n) is 7.52. The van der Waals surface area contributed by atoms with Crippen molar-refractivity contribution < 1.29 is 9.90 Å². The molecule has 0 aliphatic heterocycles. The molecular formula is C21H28O2. The van der Waals surface area contributed by atoms with E-state index in [9.17, 15) is 9.90 Å². The van der Waals surface area contributed by atoms with Crippen LogP contribution in [0.25, 0.3) is 0 Å². The van der Waals surface area contributed by atoms with Gasteiger partial charge in [-0.15, -0.1) is 0 Å². The quantitative estimate of drug-likeness (QED) is 0.731. The Balaban J connectivity index is 1.74. The van der Waals surface area contributed by atoms with Gasteiger partial charge in [0.05, 0.1) is 6.61 Å². The largest absolute Gasteiger partial charge is 0.392 e. The van der Waals surface area contributed by atoms with Crippen LogP contribution in [0.4, 0.5) is 0 Å². The Morgan fingerprint density at radius 1 is 1.26 bits per heavy atom. The highest BCUT2D eigenvalue weighted by atomic mass is 16.2. The van der Waals surface area contributed by atoms with Gasteiger partial charge in [0.1, 0.15) is 0 Å². The molecule has 2 fully saturated rings. The fraction of sp³-hybridized carbons (Fsp3) is 0.667. The SMILES string of the molecule is C[C@]12CCC(=O)C=C1CC[C@@H]1C2=CC[C@]2(C)/C(=C/CO)CC[C@H]12. The van der Waals surface area contributed by atoms with Gasteiger partial charge in [-0.2, -0.15) is 0 Å². The van der Waals surface area contributed by atoms with Gasteiger partial charge >= 0.3 is 0 Å². The molecule has 0 spiro atoms. The van der Waals surface area contributed by atoms with Crippen molar-refractivity contribution in [3.8, 4) is 0 Å². The summed E-state index contributed by atoms with van der Waals surface area (Å²) in [5.41, 5.74) is 4.89. The number of carbonyl (C=O) groups excluding carboxylic acids is 1. The van der Waals surface area contributed by atoms with Crippen LogP contribution in [0.2, 0.25) is 0 Å². The molecule has 4 aliphatic carbocycles. The fourth-order valence-electron chi connectivity index (χ4n) is 6.16. The minimum atomic E-state index is 0.140. The summed E-state index contributed by atoms with van der Waals surface area (Å²) in [5.74, 6) is 1.72. The maximum Gasteiger partial charge on any atom is 0.155 e. The average molecular weight is 312 g/mol. The molecule has 124 valence electrons. The second-order valence-electron chi connectivity index (χ2n) is 8.45. The van der Waals surface area contributed by atoms with Crippen LogP contribution in [0.15, 0.2) is 34.9 Å². The summed E-state index contributed by atoms with van der Waals surface area (Å²) < 4.78 is 0. The molecule has 23 heavy (non-hydrogen) atoms. The number of hydrogen-bond donors (Lipinski definition) is 1. The van der Waals surface area contributed by atoms with Crippen molar-refractivity contribution in [1.82, 2.24) is 0 Å². The number of carbonyl (C=O) groups is 1. The Labute approximate surface area is 139 Å². The lowest BCUT2D eigenvalue weighted by molar-refractivity contribution is -0.115. The molecule has 4 rings (SSSR count). The van der Waals surface area contributed by atoms with Crippen molar-refractivity contribution in [1.29, 1.82) is 0 Å². The molecule has 2 saturated carbocycles. The van der Waals surface area contributed by atoms with Gasteiger partial charge in [0, 0.05) is 11.8 Å². The van der Waals surface area contributed by atoms with E-state index in [1.54, 1.807) is 5.57 Å². The lowest BCUT2D eigenvalue weighted by Crippen LogP contribution is -2.43. The van der Waals surface area contributed by atoms with Gasteiger partial charge in [0.2, 0.25) is 0 Å². The molecule has 0 unspecified atom stereocenters. The van der Waals surface area contributed by atoms with E-state index < -0.39 is 0 Å². The van der Waals surface area contributed by atoms with Crippen LogP contribution in [0, 0.1) is 22.7 Å². The van der Waals surface area contributed by atoms with Gasteiger partial charge in [-0.3, -0.25) is 4.79 Å². The van der Waals surface area contributed by atoms with E-state index in [2.05, 4.69) is 26.0 Å². The first-order valence-corrected chi connectivity index (χ1v) is 9.24. The van der Waals surface area contributed by atoms with Crippen LogP contribution in [0.1, 0.15) is 58.8 Å². The Bertz CT molecular complexity index is 638. The second-order valence-corrected chi connectivity index (χ2v) is 8.45. The van der Waals surface area contributed by atoms with Crippen LogP contribution in [0.5, 0.6) is 0 Å². The number of rotatable bonds is 1. The summed E-state index contributed by atoms with van der Waals surface area (Å²) in [6.45, 7) is 4.97. The fourth-order valence-corrected chi connectivity index (χ4v) is 6.16. The van der Waals surface area contributed by atoms with E-state index >= 15 is 0 Å². The normalized spacial score (nSPS) is 44.3. The second kappa shape index (κ2) is 5.17. The van der Waals surface area contributed by atoms with E-state index in [1.165, 1.54) is 24.0 Å². The minimum absolute atomic E-state index is 0.140. The first-order valence-electron chi connectivity index (χ1n) is 9.24. The van der Waals surface area contributed by atoms with E-state index in [1.807, 2.05) is 6.08 Å². The van der Waals surface area contributed by atoms with Gasteiger partial charge in [0.15, 0.2) is 5.78 Å². The molecule has 0 saturated heterocycles. The van der Waals surface area contributed by atoms with Crippen LogP contribution in [-0.4, -0.2) is 17.5 Å². The van der Waals surface area contributed by atoms with Gasteiger partial charge in [-0.25, -0.2) is 0 Å². The standard InChI is InChI=1S/C21H28O2/c1-20-11-8-19-17(18(20)6-4-14(20)9-12-22)5-3-15-13-16(23)7-10-21(15,19)2/h8-9,13,17-18,22H,3-7,10-12H2,1-2H3/b14-9+/t17-,18+,20+,21-/m0/s1. The number of ketones is 1. The molecule has 2 heteroatoms. The summed E-state index contributed by atoms with van der Waals surface area (Å²) in [6.07, 6.45) is 14.1. The third kappa shape index (κ3) is 2.07. The molecule has 2 nitrogen and oxygen atoms in total. The topological polar surface area (TPSA) is 37.3 Å². The van der Waals surface area contributed by atoms with Gasteiger partial charge in [-0.1, -0.05) is 42.7 Å². The van der Waals surface area contributed by atoms with Crippen molar-refractivity contribution in [3.05, 3.63) is 34.9 Å². The molecule has 0 bridgehead atoms. The zero-order valence-electron chi connectivity index (χ0n) is 14.4. The van der Waals surface area contributed by atoms with Crippen molar-refractivity contribution in [2.24, 2.45) is 22.7 Å². The lowest BCUT2D eigenvalue weighted by Gasteiger charge is -2.52. The van der Waals surface area contributed by atoms with E-state index in [0.29, 0.717) is 18.1 Å². The minimum Gasteiger partial charge on any atom is -0.392 e. The Hall–Kier alpha value is -1.15. The molecule has 4 aliphatic rings. The molecule has 0 radical (unpaired) electrons. The summed E-state index contributed by atoms with van der Waals surface area (Å²) in [7, 11) is 0. The van der Waals surface area contributed by atoms with E-state index in [-0.39, 0.29) is 17.4 Å². The molecule has 1 N–H and O–H groups in total. The summed E-state index contributed by atoms with van der Waals surface area (Å²) in [5, 5.41) is 9.35. The Morgan fingerprint density at radius 2 is 2.09 bits per heavy atom. The molecule has 0 aromatic carbocycles. The molecule has 0 heterocycles. The Morgan fingerprint density at radius 3 is 2.87 bits per heavy atom.